The Hall–Kier alpha value is -3.61. The first-order valence-corrected chi connectivity index (χ1v) is 11.0. The summed E-state index contributed by atoms with van der Waals surface area (Å²) in [5, 5.41) is 10.0. The van der Waals surface area contributed by atoms with Crippen molar-refractivity contribution in [1.82, 2.24) is 15.1 Å². The lowest BCUT2D eigenvalue weighted by molar-refractivity contribution is -0.122. The zero-order chi connectivity index (χ0) is 22.3. The van der Waals surface area contributed by atoms with Gasteiger partial charge in [-0.15, -0.1) is 0 Å². The van der Waals surface area contributed by atoms with E-state index in [0.29, 0.717) is 23.6 Å². The number of aryl methyl sites for hydroxylation is 1. The highest BCUT2D eigenvalue weighted by atomic mass is 16.5. The molecule has 0 saturated heterocycles. The summed E-state index contributed by atoms with van der Waals surface area (Å²) in [6, 6.07) is 15.5. The molecule has 0 radical (unpaired) electrons. The van der Waals surface area contributed by atoms with E-state index < -0.39 is 0 Å². The monoisotopic (exact) mass is 432 g/mol. The van der Waals surface area contributed by atoms with Gasteiger partial charge in [-0.05, 0) is 43.5 Å². The van der Waals surface area contributed by atoms with Crippen molar-refractivity contribution in [2.24, 2.45) is 0 Å². The molecule has 1 aromatic heterocycles. The number of nitrogens with one attached hydrogen (secondary N) is 2. The van der Waals surface area contributed by atoms with Gasteiger partial charge in [0.05, 0.1) is 11.9 Å². The van der Waals surface area contributed by atoms with Gasteiger partial charge < -0.3 is 15.4 Å². The quantitative estimate of drug-likeness (QED) is 0.562. The van der Waals surface area contributed by atoms with Crippen LogP contribution in [0.4, 0.5) is 5.69 Å². The molecule has 32 heavy (non-hydrogen) atoms. The lowest BCUT2D eigenvalue weighted by Gasteiger charge is -2.11. The van der Waals surface area contributed by atoms with Crippen molar-refractivity contribution in [3.8, 4) is 5.75 Å². The van der Waals surface area contributed by atoms with Crippen LogP contribution < -0.4 is 15.4 Å². The molecule has 2 N–H and O–H groups in total. The smallest absolute Gasteiger partial charge is 0.255 e. The van der Waals surface area contributed by atoms with Crippen LogP contribution in [0.25, 0.3) is 0 Å². The van der Waals surface area contributed by atoms with Gasteiger partial charge in [-0.3, -0.25) is 14.3 Å². The van der Waals surface area contributed by atoms with Crippen molar-refractivity contribution in [3.05, 3.63) is 77.6 Å². The first-order valence-electron chi connectivity index (χ1n) is 11.0. The zero-order valence-corrected chi connectivity index (χ0v) is 18.2. The average Bonchev–Trinajstić information content (AvgIpc) is 3.44. The van der Waals surface area contributed by atoms with Crippen molar-refractivity contribution in [3.63, 3.8) is 0 Å². The molecule has 2 aromatic carbocycles. The lowest BCUT2D eigenvalue weighted by Crippen LogP contribution is -2.35. The van der Waals surface area contributed by atoms with E-state index in [-0.39, 0.29) is 24.4 Å². The first kappa shape index (κ1) is 21.6. The highest BCUT2D eigenvalue weighted by Gasteiger charge is 2.17. The molecule has 166 valence electrons. The van der Waals surface area contributed by atoms with E-state index in [2.05, 4.69) is 21.8 Å². The number of hydrogen-bond donors (Lipinski definition) is 2. The maximum absolute atomic E-state index is 12.7. The molecule has 1 saturated carbocycles. The molecule has 0 atom stereocenters. The molecule has 1 aliphatic rings. The second kappa shape index (κ2) is 10.1. The lowest BCUT2D eigenvalue weighted by atomic mass is 10.1. The normalized spacial score (nSPS) is 13.7. The Balaban J connectivity index is 1.31. The van der Waals surface area contributed by atoms with Gasteiger partial charge in [0.15, 0.2) is 0 Å². The predicted octanol–water partition coefficient (Wildman–Crippen LogP) is 4.08. The fourth-order valence-corrected chi connectivity index (χ4v) is 3.90. The summed E-state index contributed by atoms with van der Waals surface area (Å²) >= 11 is 0. The third-order valence-corrected chi connectivity index (χ3v) is 5.50. The molecule has 0 bridgehead atoms. The minimum atomic E-state index is -0.263. The largest absolute Gasteiger partial charge is 0.489 e. The van der Waals surface area contributed by atoms with Crippen molar-refractivity contribution in [1.29, 1.82) is 0 Å². The number of benzene rings is 2. The number of aromatic nitrogens is 2. The molecular weight excluding hydrogens is 404 g/mol. The van der Waals surface area contributed by atoms with Gasteiger partial charge >= 0.3 is 0 Å². The van der Waals surface area contributed by atoms with Crippen molar-refractivity contribution in [2.75, 3.05) is 5.32 Å². The highest BCUT2D eigenvalue weighted by molar-refractivity contribution is 6.04. The molecule has 4 rings (SSSR count). The summed E-state index contributed by atoms with van der Waals surface area (Å²) in [7, 11) is 0. The van der Waals surface area contributed by atoms with E-state index in [1.807, 2.05) is 31.2 Å². The second-order valence-corrected chi connectivity index (χ2v) is 8.24. The van der Waals surface area contributed by atoms with Gasteiger partial charge in [-0.1, -0.05) is 48.7 Å². The van der Waals surface area contributed by atoms with Gasteiger partial charge in [0.2, 0.25) is 5.91 Å². The van der Waals surface area contributed by atoms with Gasteiger partial charge in [-0.25, -0.2) is 0 Å². The maximum atomic E-state index is 12.7. The van der Waals surface area contributed by atoms with Gasteiger partial charge in [-0.2, -0.15) is 5.10 Å². The fourth-order valence-electron chi connectivity index (χ4n) is 3.90. The minimum absolute atomic E-state index is 0.0589. The summed E-state index contributed by atoms with van der Waals surface area (Å²) in [6.07, 6.45) is 7.62. The Morgan fingerprint density at radius 1 is 1.12 bits per heavy atom. The predicted molar refractivity (Wildman–Crippen MR) is 123 cm³/mol. The Bertz CT molecular complexity index is 1090. The molecule has 7 heteroatoms. The number of nitrogens with zero attached hydrogens (tertiary/aromatic N) is 2. The first-order chi connectivity index (χ1) is 15.5. The third-order valence-electron chi connectivity index (χ3n) is 5.50. The van der Waals surface area contributed by atoms with E-state index in [1.54, 1.807) is 30.6 Å². The van der Waals surface area contributed by atoms with Gasteiger partial charge in [0, 0.05) is 17.8 Å². The molecule has 1 aliphatic carbocycles. The second-order valence-electron chi connectivity index (χ2n) is 8.24. The van der Waals surface area contributed by atoms with E-state index in [4.69, 9.17) is 4.74 Å². The minimum Gasteiger partial charge on any atom is -0.489 e. The van der Waals surface area contributed by atoms with Crippen LogP contribution in [-0.2, 0) is 17.9 Å². The fraction of sp³-hybridized carbons (Fsp3) is 0.320. The molecule has 0 aliphatic heterocycles. The Morgan fingerprint density at radius 2 is 1.94 bits per heavy atom. The van der Waals surface area contributed by atoms with Crippen LogP contribution >= 0.6 is 0 Å². The van der Waals surface area contributed by atoms with Crippen molar-refractivity contribution < 1.29 is 14.3 Å². The van der Waals surface area contributed by atoms with Crippen LogP contribution in [0, 0.1) is 6.92 Å². The molecular formula is C25H28N4O3. The maximum Gasteiger partial charge on any atom is 0.255 e. The van der Waals surface area contributed by atoms with Crippen LogP contribution in [0.15, 0.2) is 60.9 Å². The van der Waals surface area contributed by atoms with E-state index in [0.717, 1.165) is 18.4 Å². The number of hydrogen-bond acceptors (Lipinski definition) is 4. The van der Waals surface area contributed by atoms with Gasteiger partial charge in [0.1, 0.15) is 18.9 Å². The molecule has 7 nitrogen and oxygen atoms in total. The Kier molecular flexibility index (Phi) is 6.84. The zero-order valence-electron chi connectivity index (χ0n) is 18.2. The SMILES string of the molecule is Cc1cccc(COc2cccc(C(=O)Nc3cnn(CC(=O)NC4CCCC4)c3)c2)c1. The van der Waals surface area contributed by atoms with Crippen LogP contribution in [0.3, 0.4) is 0 Å². The number of rotatable bonds is 8. The summed E-state index contributed by atoms with van der Waals surface area (Å²) in [5.41, 5.74) is 3.27. The third kappa shape index (κ3) is 5.97. The van der Waals surface area contributed by atoms with E-state index in [1.165, 1.54) is 23.1 Å². The number of carbonyl (C=O) groups is 2. The van der Waals surface area contributed by atoms with Crippen LogP contribution in [-0.4, -0.2) is 27.6 Å². The van der Waals surface area contributed by atoms with E-state index >= 15 is 0 Å². The van der Waals surface area contributed by atoms with Gasteiger partial charge in [0.25, 0.3) is 5.91 Å². The Morgan fingerprint density at radius 3 is 2.75 bits per heavy atom. The summed E-state index contributed by atoms with van der Waals surface area (Å²) in [6.45, 7) is 2.61. The van der Waals surface area contributed by atoms with Crippen LogP contribution in [0.1, 0.15) is 47.2 Å². The molecule has 2 amide bonds. The summed E-state index contributed by atoms with van der Waals surface area (Å²) in [4.78, 5) is 24.8. The Labute approximate surface area is 187 Å². The molecule has 3 aromatic rings. The number of anilines is 1. The average molecular weight is 433 g/mol. The van der Waals surface area contributed by atoms with Crippen molar-refractivity contribution in [2.45, 2.75) is 51.8 Å². The molecule has 1 heterocycles. The number of carbonyl (C=O) groups excluding carboxylic acids is 2. The van der Waals surface area contributed by atoms with Crippen molar-refractivity contribution >= 4 is 17.5 Å². The van der Waals surface area contributed by atoms with Crippen LogP contribution in [0.5, 0.6) is 5.75 Å². The molecule has 1 fully saturated rings. The molecule has 0 spiro atoms. The molecule has 0 unspecified atom stereocenters. The number of ether oxygens (including phenoxy) is 1. The van der Waals surface area contributed by atoms with Crippen LogP contribution in [0.2, 0.25) is 0 Å². The summed E-state index contributed by atoms with van der Waals surface area (Å²) in [5.74, 6) is 0.302. The highest BCUT2D eigenvalue weighted by Crippen LogP contribution is 2.18. The van der Waals surface area contributed by atoms with E-state index in [9.17, 15) is 9.59 Å². The summed E-state index contributed by atoms with van der Waals surface area (Å²) < 4.78 is 7.38. The standard InChI is InChI=1S/C25H28N4O3/c1-18-6-4-7-19(12-18)17-32-23-11-5-8-20(13-23)25(31)28-22-14-26-29(15-22)16-24(30)27-21-9-2-3-10-21/h4-8,11-15,21H,2-3,9-10,16-17H2,1H3,(H,27,30)(H,28,31). The topological polar surface area (TPSA) is 85.2 Å². The number of amides is 2.